The van der Waals surface area contributed by atoms with Crippen LogP contribution in [0.3, 0.4) is 0 Å². The number of aliphatic hydroxyl groups is 3. The largest absolute Gasteiger partial charge is 0.481 e. The molecule has 0 aromatic rings. The van der Waals surface area contributed by atoms with Gasteiger partial charge in [0.1, 0.15) is 42.8 Å². The molecule has 33 heavy (non-hydrogen) atoms. The number of ether oxygens (including phenoxy) is 1. The number of carboxylic acid groups (broad SMARTS) is 1. The molecule has 0 aliphatic rings. The Balaban J connectivity index is 5.71. The molecule has 0 spiro atoms. The second-order valence-electron chi connectivity index (χ2n) is 6.97. The van der Waals surface area contributed by atoms with Gasteiger partial charge in [-0.1, -0.05) is 0 Å². The third-order valence-corrected chi connectivity index (χ3v) is 4.34. The number of carbonyl (C=O) groups is 6. The number of carboxylic acids is 1. The number of primary amides is 1. The summed E-state index contributed by atoms with van der Waals surface area (Å²) < 4.78 is 5.40. The summed E-state index contributed by atoms with van der Waals surface area (Å²) in [6.45, 7) is 0.0921. The summed E-state index contributed by atoms with van der Waals surface area (Å²) in [4.78, 5) is 69.6. The molecule has 0 aromatic carbocycles. The van der Waals surface area contributed by atoms with Crippen LogP contribution in [0.1, 0.15) is 26.2 Å². The maximum absolute atomic E-state index is 12.4. The summed E-state index contributed by atoms with van der Waals surface area (Å²) in [5, 5.41) is 44.4. The highest BCUT2D eigenvalue weighted by molar-refractivity contribution is 5.90. The fourth-order valence-corrected chi connectivity index (χ4v) is 2.66. The van der Waals surface area contributed by atoms with Crippen molar-refractivity contribution in [1.29, 1.82) is 0 Å². The van der Waals surface area contributed by atoms with Crippen LogP contribution < -0.4 is 21.7 Å². The SMILES string of the molecule is CNC(=O)C(CC(=O)NC(CCC(=O)O)C(N)=O)O[C@@H]([C@H](O)[C@H](O)CO)[C@H](C=O)NC(C)=O. The number of amides is 4. The summed E-state index contributed by atoms with van der Waals surface area (Å²) >= 11 is 0. The van der Waals surface area contributed by atoms with Gasteiger partial charge in [-0.05, 0) is 6.42 Å². The lowest BCUT2D eigenvalue weighted by Gasteiger charge is -2.33. The van der Waals surface area contributed by atoms with E-state index in [4.69, 9.17) is 20.7 Å². The molecule has 0 saturated heterocycles. The van der Waals surface area contributed by atoms with Gasteiger partial charge in [0, 0.05) is 20.4 Å². The molecule has 0 heterocycles. The van der Waals surface area contributed by atoms with Gasteiger partial charge in [0.05, 0.1) is 13.0 Å². The highest BCUT2D eigenvalue weighted by atomic mass is 16.5. The topological polar surface area (TPSA) is 255 Å². The maximum atomic E-state index is 12.4. The molecule has 2 unspecified atom stereocenters. The van der Waals surface area contributed by atoms with Crippen molar-refractivity contribution in [2.24, 2.45) is 5.73 Å². The molecule has 9 N–H and O–H groups in total. The minimum Gasteiger partial charge on any atom is -0.481 e. The highest BCUT2D eigenvalue weighted by Gasteiger charge is 2.38. The smallest absolute Gasteiger partial charge is 0.303 e. The summed E-state index contributed by atoms with van der Waals surface area (Å²) in [5.74, 6) is -4.85. The van der Waals surface area contributed by atoms with Gasteiger partial charge in [0.2, 0.25) is 23.6 Å². The van der Waals surface area contributed by atoms with Gasteiger partial charge < -0.3 is 51.6 Å². The Kier molecular flexibility index (Phi) is 13.4. The second kappa shape index (κ2) is 14.8. The van der Waals surface area contributed by atoms with Gasteiger partial charge in [-0.3, -0.25) is 24.0 Å². The van der Waals surface area contributed by atoms with Crippen LogP contribution in [0, 0.1) is 0 Å². The van der Waals surface area contributed by atoms with Crippen molar-refractivity contribution in [3.8, 4) is 0 Å². The number of aldehydes is 1. The van der Waals surface area contributed by atoms with Gasteiger partial charge in [0.25, 0.3) is 0 Å². The van der Waals surface area contributed by atoms with E-state index in [9.17, 15) is 39.0 Å². The van der Waals surface area contributed by atoms with Crippen LogP contribution in [0.25, 0.3) is 0 Å². The van der Waals surface area contributed by atoms with Crippen molar-refractivity contribution in [2.75, 3.05) is 13.7 Å². The van der Waals surface area contributed by atoms with Crippen molar-refractivity contribution in [3.63, 3.8) is 0 Å². The Morgan fingerprint density at radius 3 is 2.15 bits per heavy atom. The summed E-state index contributed by atoms with van der Waals surface area (Å²) in [7, 11) is 1.19. The monoisotopic (exact) mass is 478 g/mol. The molecule has 0 aromatic heterocycles. The average Bonchev–Trinajstić information content (AvgIpc) is 2.75. The Bertz CT molecular complexity index is 718. The van der Waals surface area contributed by atoms with Gasteiger partial charge in [-0.2, -0.15) is 0 Å². The van der Waals surface area contributed by atoms with Gasteiger partial charge in [-0.25, -0.2) is 0 Å². The molecule has 15 nitrogen and oxygen atoms in total. The van der Waals surface area contributed by atoms with E-state index in [1.54, 1.807) is 0 Å². The third kappa shape index (κ3) is 10.8. The summed E-state index contributed by atoms with van der Waals surface area (Å²) in [6.07, 6.45) is -8.69. The lowest BCUT2D eigenvalue weighted by molar-refractivity contribution is -0.162. The van der Waals surface area contributed by atoms with Crippen LogP contribution in [0.15, 0.2) is 0 Å². The van der Waals surface area contributed by atoms with E-state index >= 15 is 0 Å². The fraction of sp³-hybridized carbons (Fsp3) is 0.667. The first-order valence-electron chi connectivity index (χ1n) is 9.74. The van der Waals surface area contributed by atoms with E-state index in [0.717, 1.165) is 6.92 Å². The summed E-state index contributed by atoms with van der Waals surface area (Å²) in [5.41, 5.74) is 5.14. The number of nitrogens with one attached hydrogen (secondary N) is 3. The molecule has 6 atom stereocenters. The number of aliphatic carboxylic acids is 1. The number of nitrogens with two attached hydrogens (primary N) is 1. The van der Waals surface area contributed by atoms with Crippen LogP contribution in [0.5, 0.6) is 0 Å². The van der Waals surface area contributed by atoms with E-state index in [2.05, 4.69) is 16.0 Å². The molecule has 0 fully saturated rings. The molecule has 188 valence electrons. The zero-order chi connectivity index (χ0) is 25.7. The Labute approximate surface area is 188 Å². The number of rotatable bonds is 16. The molecule has 4 amide bonds. The number of aliphatic hydroxyl groups excluding tert-OH is 3. The molecule has 0 aliphatic heterocycles. The number of carbonyl (C=O) groups excluding carboxylic acids is 5. The first-order chi connectivity index (χ1) is 15.4. The Morgan fingerprint density at radius 1 is 1.12 bits per heavy atom. The number of hydrogen-bond acceptors (Lipinski definition) is 10. The predicted molar refractivity (Wildman–Crippen MR) is 108 cm³/mol. The molecule has 0 radical (unpaired) electrons. The van der Waals surface area contributed by atoms with Gasteiger partial charge in [0.15, 0.2) is 0 Å². The van der Waals surface area contributed by atoms with Crippen LogP contribution in [-0.2, 0) is 33.5 Å². The standard InChI is InChI=1S/C18H30N4O11/c1-8(25)21-10(6-23)16(15(30)11(26)7-24)33-12(18(32)20-2)5-13(27)22-9(17(19)31)3-4-14(28)29/h6,9-12,15-16,24,26,30H,3-5,7H2,1-2H3,(H2,19,31)(H,20,32)(H,21,25)(H,22,27)(H,28,29)/t9?,10-,11+,12?,15+,16+/m0/s1. The minimum absolute atomic E-state index is 0.162. The van der Waals surface area contributed by atoms with Crippen LogP contribution >= 0.6 is 0 Å². The van der Waals surface area contributed by atoms with Crippen molar-refractivity contribution >= 4 is 35.9 Å². The number of hydrogen-bond donors (Lipinski definition) is 8. The minimum atomic E-state index is -1.97. The second-order valence-corrected chi connectivity index (χ2v) is 6.97. The average molecular weight is 478 g/mol. The number of likely N-dealkylation sites (N-methyl/N-ethyl adjacent to an activating group) is 1. The molecule has 15 heteroatoms. The zero-order valence-corrected chi connectivity index (χ0v) is 18.1. The van der Waals surface area contributed by atoms with Crippen LogP contribution in [0.4, 0.5) is 0 Å². The third-order valence-electron chi connectivity index (χ3n) is 4.34. The van der Waals surface area contributed by atoms with E-state index in [0.29, 0.717) is 0 Å². The van der Waals surface area contributed by atoms with Crippen molar-refractivity contribution < 1.29 is 53.9 Å². The molecule has 0 bridgehead atoms. The van der Waals surface area contributed by atoms with Gasteiger partial charge >= 0.3 is 5.97 Å². The first-order valence-corrected chi connectivity index (χ1v) is 9.74. The molecular weight excluding hydrogens is 448 g/mol. The lowest BCUT2D eigenvalue weighted by Crippen LogP contribution is -2.57. The normalized spacial score (nSPS) is 16.3. The van der Waals surface area contributed by atoms with E-state index in [-0.39, 0.29) is 12.7 Å². The predicted octanol–water partition coefficient (Wildman–Crippen LogP) is -4.87. The van der Waals surface area contributed by atoms with Crippen molar-refractivity contribution in [3.05, 3.63) is 0 Å². The molecule has 0 aliphatic carbocycles. The highest BCUT2D eigenvalue weighted by Crippen LogP contribution is 2.14. The van der Waals surface area contributed by atoms with Crippen LogP contribution in [0.2, 0.25) is 0 Å². The van der Waals surface area contributed by atoms with Crippen molar-refractivity contribution in [1.82, 2.24) is 16.0 Å². The summed E-state index contributed by atoms with van der Waals surface area (Å²) in [6, 6.07) is -2.94. The molecular formula is C18H30N4O11. The zero-order valence-electron chi connectivity index (χ0n) is 18.1. The van der Waals surface area contributed by atoms with Crippen LogP contribution in [-0.4, -0.2) is 106 Å². The van der Waals surface area contributed by atoms with E-state index in [1.807, 2.05) is 0 Å². The van der Waals surface area contributed by atoms with Crippen molar-refractivity contribution in [2.45, 2.75) is 62.7 Å². The Morgan fingerprint density at radius 2 is 1.73 bits per heavy atom. The fourth-order valence-electron chi connectivity index (χ4n) is 2.66. The van der Waals surface area contributed by atoms with E-state index < -0.39 is 85.5 Å². The Hall–Kier alpha value is -3.14. The maximum Gasteiger partial charge on any atom is 0.303 e. The first kappa shape index (κ1) is 29.9. The lowest BCUT2D eigenvalue weighted by atomic mass is 10.0. The molecule has 0 rings (SSSR count). The molecule has 0 saturated carbocycles. The van der Waals surface area contributed by atoms with Gasteiger partial charge in [-0.15, -0.1) is 0 Å². The quantitative estimate of drug-likeness (QED) is 0.0975. The van der Waals surface area contributed by atoms with E-state index in [1.165, 1.54) is 7.05 Å².